The summed E-state index contributed by atoms with van der Waals surface area (Å²) in [5, 5.41) is 11.6. The van der Waals surface area contributed by atoms with Crippen LogP contribution in [0.25, 0.3) is 0 Å². The normalized spacial score (nSPS) is 15.9. The van der Waals surface area contributed by atoms with Gasteiger partial charge < -0.3 is 15.4 Å². The number of ether oxygens (including phenoxy) is 1. The average Bonchev–Trinajstić information content (AvgIpc) is 2.64. The molecule has 0 atom stereocenters. The molecule has 0 heterocycles. The molecular formula is C18H31IN4O3S. The Hall–Kier alpha value is -0.910. The summed E-state index contributed by atoms with van der Waals surface area (Å²) < 4.78 is 28.4. The van der Waals surface area contributed by atoms with Gasteiger partial charge in [0.2, 0.25) is 10.0 Å². The minimum atomic E-state index is -3.65. The zero-order valence-corrected chi connectivity index (χ0v) is 19.0. The molecule has 2 rings (SSSR count). The first kappa shape index (κ1) is 24.1. The summed E-state index contributed by atoms with van der Waals surface area (Å²) >= 11 is 0. The molecule has 0 spiro atoms. The lowest BCUT2D eigenvalue weighted by Crippen LogP contribution is -2.37. The number of guanidine groups is 1. The predicted octanol–water partition coefficient (Wildman–Crippen LogP) is 2.36. The number of nitrogens with zero attached hydrogens (tertiary/aromatic N) is 1. The Labute approximate surface area is 179 Å². The summed E-state index contributed by atoms with van der Waals surface area (Å²) in [6, 6.07) is 6.48. The SMILES string of the molecule is CN=C(NCCCOC1CCCCC1)NCc1ccc(S(N)(=O)=O)cc1.I. The quantitative estimate of drug-likeness (QED) is 0.216. The molecule has 1 saturated carbocycles. The number of benzene rings is 1. The Morgan fingerprint density at radius 2 is 1.85 bits per heavy atom. The first-order valence-electron chi connectivity index (χ1n) is 9.17. The molecule has 4 N–H and O–H groups in total. The van der Waals surface area contributed by atoms with E-state index in [0.29, 0.717) is 18.6 Å². The van der Waals surface area contributed by atoms with Gasteiger partial charge in [0.25, 0.3) is 0 Å². The molecule has 0 amide bonds. The minimum Gasteiger partial charge on any atom is -0.378 e. The lowest BCUT2D eigenvalue weighted by atomic mass is 9.98. The van der Waals surface area contributed by atoms with Gasteiger partial charge in [-0.1, -0.05) is 31.4 Å². The van der Waals surface area contributed by atoms with E-state index in [1.165, 1.54) is 44.2 Å². The zero-order valence-electron chi connectivity index (χ0n) is 15.8. The van der Waals surface area contributed by atoms with Crippen molar-refractivity contribution >= 4 is 40.0 Å². The van der Waals surface area contributed by atoms with Crippen LogP contribution in [-0.4, -0.2) is 40.7 Å². The third-order valence-electron chi connectivity index (χ3n) is 4.45. The van der Waals surface area contributed by atoms with E-state index in [1.54, 1.807) is 19.2 Å². The number of sulfonamides is 1. The van der Waals surface area contributed by atoms with E-state index in [2.05, 4.69) is 15.6 Å². The Bertz CT molecular complexity index is 674. The van der Waals surface area contributed by atoms with Crippen LogP contribution in [0.2, 0.25) is 0 Å². The van der Waals surface area contributed by atoms with Crippen molar-refractivity contribution in [2.24, 2.45) is 10.1 Å². The Morgan fingerprint density at radius 3 is 2.44 bits per heavy atom. The molecule has 0 aliphatic heterocycles. The first-order chi connectivity index (χ1) is 12.5. The van der Waals surface area contributed by atoms with Crippen LogP contribution >= 0.6 is 24.0 Å². The molecule has 1 fully saturated rings. The van der Waals surface area contributed by atoms with Gasteiger partial charge in [0.05, 0.1) is 11.0 Å². The Morgan fingerprint density at radius 1 is 1.19 bits per heavy atom. The van der Waals surface area contributed by atoms with Gasteiger partial charge in [0.1, 0.15) is 0 Å². The second-order valence-electron chi connectivity index (χ2n) is 6.53. The van der Waals surface area contributed by atoms with Crippen LogP contribution in [0.15, 0.2) is 34.2 Å². The van der Waals surface area contributed by atoms with E-state index < -0.39 is 10.0 Å². The molecule has 0 bridgehead atoms. The van der Waals surface area contributed by atoms with Gasteiger partial charge in [0, 0.05) is 26.7 Å². The maximum Gasteiger partial charge on any atom is 0.238 e. The van der Waals surface area contributed by atoms with Crippen LogP contribution in [0.4, 0.5) is 0 Å². The standard InChI is InChI=1S/C18H30N4O3S.HI/c1-20-18(21-12-5-13-25-16-6-3-2-4-7-16)22-14-15-8-10-17(11-9-15)26(19,23)24;/h8-11,16H,2-7,12-14H2,1H3,(H2,19,23,24)(H2,20,21,22);1H. The van der Waals surface area contributed by atoms with E-state index in [4.69, 9.17) is 9.88 Å². The number of rotatable bonds is 8. The molecule has 154 valence electrons. The van der Waals surface area contributed by atoms with E-state index >= 15 is 0 Å². The van der Waals surface area contributed by atoms with Crippen LogP contribution in [0.3, 0.4) is 0 Å². The third-order valence-corrected chi connectivity index (χ3v) is 5.38. The molecule has 27 heavy (non-hydrogen) atoms. The summed E-state index contributed by atoms with van der Waals surface area (Å²) in [5.74, 6) is 0.707. The minimum absolute atomic E-state index is 0. The van der Waals surface area contributed by atoms with Gasteiger partial charge in [-0.15, -0.1) is 24.0 Å². The lowest BCUT2D eigenvalue weighted by Gasteiger charge is -2.22. The highest BCUT2D eigenvalue weighted by Gasteiger charge is 2.13. The predicted molar refractivity (Wildman–Crippen MR) is 119 cm³/mol. The van der Waals surface area contributed by atoms with Gasteiger partial charge >= 0.3 is 0 Å². The fraction of sp³-hybridized carbons (Fsp3) is 0.611. The van der Waals surface area contributed by atoms with Crippen LogP contribution in [0.1, 0.15) is 44.1 Å². The number of hydrogen-bond donors (Lipinski definition) is 3. The van der Waals surface area contributed by atoms with Crippen molar-refractivity contribution in [2.45, 2.75) is 56.1 Å². The number of primary sulfonamides is 1. The van der Waals surface area contributed by atoms with E-state index in [9.17, 15) is 8.42 Å². The Kier molecular flexibility index (Phi) is 11.2. The maximum absolute atomic E-state index is 11.3. The summed E-state index contributed by atoms with van der Waals surface area (Å²) in [5.41, 5.74) is 0.945. The highest BCUT2D eigenvalue weighted by molar-refractivity contribution is 14.0. The van der Waals surface area contributed by atoms with Crippen molar-refractivity contribution in [3.8, 4) is 0 Å². The fourth-order valence-corrected chi connectivity index (χ4v) is 3.48. The molecular weight excluding hydrogens is 479 g/mol. The highest BCUT2D eigenvalue weighted by Crippen LogP contribution is 2.20. The van der Waals surface area contributed by atoms with Gasteiger partial charge in [-0.25, -0.2) is 13.6 Å². The van der Waals surface area contributed by atoms with Crippen LogP contribution < -0.4 is 15.8 Å². The molecule has 0 unspecified atom stereocenters. The van der Waals surface area contributed by atoms with E-state index in [0.717, 1.165) is 25.1 Å². The summed E-state index contributed by atoms with van der Waals surface area (Å²) in [7, 11) is -1.93. The maximum atomic E-state index is 11.3. The van der Waals surface area contributed by atoms with Crippen LogP contribution in [0, 0.1) is 0 Å². The molecule has 0 aromatic heterocycles. The Balaban J connectivity index is 0.00000364. The molecule has 0 saturated heterocycles. The molecule has 1 aromatic carbocycles. The zero-order chi connectivity index (χ0) is 18.8. The molecule has 1 aliphatic rings. The second-order valence-corrected chi connectivity index (χ2v) is 8.09. The van der Waals surface area contributed by atoms with Gasteiger partial charge in [-0.05, 0) is 37.0 Å². The number of halogens is 1. The van der Waals surface area contributed by atoms with Crippen molar-refractivity contribution in [1.29, 1.82) is 0 Å². The van der Waals surface area contributed by atoms with E-state index in [-0.39, 0.29) is 28.9 Å². The van der Waals surface area contributed by atoms with Crippen LogP contribution in [0.5, 0.6) is 0 Å². The molecule has 1 aromatic rings. The lowest BCUT2D eigenvalue weighted by molar-refractivity contribution is 0.0277. The smallest absolute Gasteiger partial charge is 0.238 e. The number of hydrogen-bond acceptors (Lipinski definition) is 4. The fourth-order valence-electron chi connectivity index (χ4n) is 2.96. The van der Waals surface area contributed by atoms with E-state index in [1.807, 2.05) is 0 Å². The van der Waals surface area contributed by atoms with Gasteiger partial charge in [0.15, 0.2) is 5.96 Å². The monoisotopic (exact) mass is 510 g/mol. The summed E-state index contributed by atoms with van der Waals surface area (Å²) in [4.78, 5) is 4.30. The number of nitrogens with one attached hydrogen (secondary N) is 2. The van der Waals surface area contributed by atoms with Crippen molar-refractivity contribution in [3.05, 3.63) is 29.8 Å². The van der Waals surface area contributed by atoms with Crippen LogP contribution in [-0.2, 0) is 21.3 Å². The molecule has 7 nitrogen and oxygen atoms in total. The van der Waals surface area contributed by atoms with Gasteiger partial charge in [-0.3, -0.25) is 4.99 Å². The molecule has 0 radical (unpaired) electrons. The van der Waals surface area contributed by atoms with Gasteiger partial charge in [-0.2, -0.15) is 0 Å². The number of aliphatic imine (C=N–C) groups is 1. The number of nitrogens with two attached hydrogens (primary N) is 1. The first-order valence-corrected chi connectivity index (χ1v) is 10.7. The molecule has 9 heteroatoms. The van der Waals surface area contributed by atoms with Crippen molar-refractivity contribution in [1.82, 2.24) is 10.6 Å². The molecule has 1 aliphatic carbocycles. The van der Waals surface area contributed by atoms with Crippen molar-refractivity contribution < 1.29 is 13.2 Å². The second kappa shape index (κ2) is 12.5. The van der Waals surface area contributed by atoms with Crippen molar-refractivity contribution in [3.63, 3.8) is 0 Å². The topological polar surface area (TPSA) is 106 Å². The summed E-state index contributed by atoms with van der Waals surface area (Å²) in [6.45, 7) is 2.10. The third kappa shape index (κ3) is 9.22. The van der Waals surface area contributed by atoms with Crippen molar-refractivity contribution in [2.75, 3.05) is 20.2 Å². The average molecular weight is 510 g/mol. The largest absolute Gasteiger partial charge is 0.378 e. The highest BCUT2D eigenvalue weighted by atomic mass is 127. The summed E-state index contributed by atoms with van der Waals surface area (Å²) in [6.07, 6.45) is 7.69.